The molecule has 0 spiro atoms. The lowest BCUT2D eigenvalue weighted by Gasteiger charge is -2.27. The fraction of sp³-hybridized carbons (Fsp3) is 0.296. The average Bonchev–Trinajstić information content (AvgIpc) is 3.39. The molecule has 0 bridgehead atoms. The molecular formula is C54H60O14P2S. The number of hydrogen-bond donors (Lipinski definition) is 0. The first-order chi connectivity index (χ1) is 34.1. The lowest BCUT2D eigenvalue weighted by molar-refractivity contribution is 0.111. The molecule has 0 radical (unpaired) electrons. The van der Waals surface area contributed by atoms with Crippen molar-refractivity contribution in [3.8, 4) is 69.0 Å². The number of carbonyl (C=O) groups is 2. The maximum Gasteiger partial charge on any atom is 0.530 e. The van der Waals surface area contributed by atoms with Crippen LogP contribution in [0, 0.1) is 0 Å². The molecule has 376 valence electrons. The summed E-state index contributed by atoms with van der Waals surface area (Å²) < 4.78 is 73.6. The summed E-state index contributed by atoms with van der Waals surface area (Å²) >= 11 is 1.42. The summed E-state index contributed by atoms with van der Waals surface area (Å²) in [5, 5.41) is 0. The van der Waals surface area contributed by atoms with E-state index in [4.69, 9.17) is 55.6 Å². The Bertz CT molecular complexity index is 2660. The molecule has 71 heavy (non-hydrogen) atoms. The van der Waals surface area contributed by atoms with Crippen molar-refractivity contribution in [2.45, 2.75) is 75.0 Å². The molecule has 0 aliphatic carbocycles. The summed E-state index contributed by atoms with van der Waals surface area (Å²) in [7, 11) is 4.48. The maximum atomic E-state index is 11.7. The first-order valence-corrected chi connectivity index (χ1v) is 25.5. The van der Waals surface area contributed by atoms with Crippen LogP contribution in [0.15, 0.2) is 119 Å². The first kappa shape index (κ1) is 53.8. The molecule has 0 unspecified atom stereocenters. The predicted octanol–water partition coefficient (Wildman–Crippen LogP) is 14.4. The Hall–Kier alpha value is -6.53. The van der Waals surface area contributed by atoms with Gasteiger partial charge >= 0.3 is 17.2 Å². The maximum absolute atomic E-state index is 11.7. The monoisotopic (exact) mass is 1030 g/mol. The van der Waals surface area contributed by atoms with Crippen LogP contribution in [0.5, 0.6) is 69.0 Å². The number of benzene rings is 6. The molecule has 14 nitrogen and oxygen atoms in total. The summed E-state index contributed by atoms with van der Waals surface area (Å²) in [6.45, 7) is 13.0. The van der Waals surface area contributed by atoms with E-state index in [1.807, 2.05) is 24.3 Å². The Kier molecular flexibility index (Phi) is 18.6. The van der Waals surface area contributed by atoms with Crippen LogP contribution in [0.3, 0.4) is 0 Å². The highest BCUT2D eigenvalue weighted by Crippen LogP contribution is 2.54. The Morgan fingerprint density at radius 1 is 0.394 bits per heavy atom. The molecule has 0 heterocycles. The van der Waals surface area contributed by atoms with Gasteiger partial charge in [0.05, 0.1) is 52.4 Å². The highest BCUT2D eigenvalue weighted by molar-refractivity contribution is 7.99. The number of carbonyl (C=O) groups excluding carboxylic acids is 2. The Morgan fingerprint density at radius 3 is 1.01 bits per heavy atom. The summed E-state index contributed by atoms with van der Waals surface area (Å²) in [5.41, 5.74) is 2.43. The quantitative estimate of drug-likeness (QED) is 0.0375. The van der Waals surface area contributed by atoms with Crippen LogP contribution in [-0.2, 0) is 10.8 Å². The van der Waals surface area contributed by atoms with Gasteiger partial charge in [-0.25, -0.2) is 0 Å². The lowest BCUT2D eigenvalue weighted by atomic mass is 9.82. The van der Waals surface area contributed by atoms with Gasteiger partial charge in [-0.05, 0) is 120 Å². The molecule has 0 saturated heterocycles. The van der Waals surface area contributed by atoms with Crippen LogP contribution in [-0.4, -0.2) is 55.2 Å². The van der Waals surface area contributed by atoms with Crippen LogP contribution in [0.25, 0.3) is 0 Å². The summed E-state index contributed by atoms with van der Waals surface area (Å²) in [6, 6.07) is 32.0. The number of methoxy groups -OCH3 is 6. The van der Waals surface area contributed by atoms with E-state index in [1.165, 1.54) is 40.2 Å². The zero-order chi connectivity index (χ0) is 51.3. The van der Waals surface area contributed by atoms with Crippen molar-refractivity contribution >= 4 is 41.5 Å². The summed E-state index contributed by atoms with van der Waals surface area (Å²) in [4.78, 5) is 24.9. The molecule has 6 aromatic rings. The van der Waals surface area contributed by atoms with Crippen molar-refractivity contribution in [3.05, 3.63) is 131 Å². The summed E-state index contributed by atoms with van der Waals surface area (Å²) in [6.07, 6.45) is 3.13. The lowest BCUT2D eigenvalue weighted by Crippen LogP contribution is -2.16. The van der Waals surface area contributed by atoms with E-state index >= 15 is 0 Å². The third-order valence-electron chi connectivity index (χ3n) is 11.9. The molecule has 0 aliphatic rings. The fourth-order valence-electron chi connectivity index (χ4n) is 6.66. The van der Waals surface area contributed by atoms with Crippen molar-refractivity contribution in [1.82, 2.24) is 0 Å². The van der Waals surface area contributed by atoms with Gasteiger partial charge in [-0.15, -0.1) is 0 Å². The van der Waals surface area contributed by atoms with E-state index in [1.54, 1.807) is 87.0 Å². The third-order valence-corrected chi connectivity index (χ3v) is 15.0. The molecular weight excluding hydrogens is 967 g/mol. The van der Waals surface area contributed by atoms with Crippen LogP contribution >= 0.6 is 29.0 Å². The van der Waals surface area contributed by atoms with E-state index < -0.39 is 17.2 Å². The second kappa shape index (κ2) is 24.5. The van der Waals surface area contributed by atoms with Crippen LogP contribution in [0.2, 0.25) is 0 Å². The zero-order valence-corrected chi connectivity index (χ0v) is 44.6. The largest absolute Gasteiger partial charge is 0.530 e. The van der Waals surface area contributed by atoms with Gasteiger partial charge in [-0.1, -0.05) is 65.4 Å². The minimum atomic E-state index is -2.38. The number of rotatable bonds is 26. The number of ether oxygens (including phenoxy) is 6. The van der Waals surface area contributed by atoms with E-state index in [-0.39, 0.29) is 33.8 Å². The molecule has 6 aromatic carbocycles. The van der Waals surface area contributed by atoms with Crippen LogP contribution < -0.4 is 55.6 Å². The summed E-state index contributed by atoms with van der Waals surface area (Å²) in [5.74, 6) is 4.55. The molecule has 0 atom stereocenters. The second-order valence-electron chi connectivity index (χ2n) is 17.0. The van der Waals surface area contributed by atoms with Gasteiger partial charge in [-0.3, -0.25) is 9.59 Å². The predicted molar refractivity (Wildman–Crippen MR) is 277 cm³/mol. The standard InChI is InChI=1S/C54H60O14P2S/c1-13-53(3,4)37-17-23-45(67-69(63-41-21-15-35(33-55)27-47(41)59-9)64-42-22-16-36(34-56)28-48(42)60-10)51(29-37)71-52-30-38(54(5,6)14-2)18-24-46(52)68-70(65-43-25-19-39(57-7)31-49(43)61-11)66-44-26-20-40(58-8)32-50(44)62-12/h15-34H,13-14H2,1-12H3. The van der Waals surface area contributed by atoms with Crippen molar-refractivity contribution in [1.29, 1.82) is 0 Å². The van der Waals surface area contributed by atoms with Gasteiger partial charge in [0.25, 0.3) is 0 Å². The minimum absolute atomic E-state index is 0.225. The van der Waals surface area contributed by atoms with Crippen LogP contribution in [0.1, 0.15) is 86.2 Å². The SMILES string of the molecule is CCC(C)(C)c1ccc(OP(Oc2ccc(C=O)cc2OC)Oc2ccc(C=O)cc2OC)c(Sc2cc(C(C)(C)CC)ccc2OP(Oc2ccc(OC)cc2OC)Oc2ccc(OC)cc2OC)c1. The molecule has 0 N–H and O–H groups in total. The molecule has 17 heteroatoms. The topological polar surface area (TPSA) is 145 Å². The van der Waals surface area contributed by atoms with Gasteiger partial charge in [0, 0.05) is 23.3 Å². The normalized spacial score (nSPS) is 11.4. The van der Waals surface area contributed by atoms with E-state index in [9.17, 15) is 9.59 Å². The van der Waals surface area contributed by atoms with Crippen molar-refractivity contribution in [2.24, 2.45) is 0 Å². The molecule has 0 saturated carbocycles. The molecule has 0 aliphatic heterocycles. The molecule has 0 amide bonds. The average molecular weight is 1030 g/mol. The van der Waals surface area contributed by atoms with Crippen molar-refractivity contribution in [2.75, 3.05) is 42.7 Å². The van der Waals surface area contributed by atoms with Gasteiger partial charge in [0.1, 0.15) is 35.6 Å². The minimum Gasteiger partial charge on any atom is -0.497 e. The smallest absolute Gasteiger partial charge is 0.497 e. The molecule has 0 aromatic heterocycles. The van der Waals surface area contributed by atoms with Gasteiger partial charge < -0.3 is 55.6 Å². The molecule has 6 rings (SSSR count). The first-order valence-electron chi connectivity index (χ1n) is 22.5. The Balaban J connectivity index is 1.50. The van der Waals surface area contributed by atoms with E-state index in [2.05, 4.69) is 53.7 Å². The number of hydrogen-bond acceptors (Lipinski definition) is 15. The van der Waals surface area contributed by atoms with E-state index in [0.717, 1.165) is 24.0 Å². The van der Waals surface area contributed by atoms with Gasteiger partial charge in [-0.2, -0.15) is 0 Å². The zero-order valence-electron chi connectivity index (χ0n) is 42.0. The van der Waals surface area contributed by atoms with Gasteiger partial charge in [0.15, 0.2) is 46.0 Å². The second-order valence-corrected chi connectivity index (χ2v) is 20.1. The Labute approximate surface area is 423 Å². The van der Waals surface area contributed by atoms with Crippen molar-refractivity contribution < 1.29 is 65.2 Å². The molecule has 0 fully saturated rings. The van der Waals surface area contributed by atoms with Crippen molar-refractivity contribution in [3.63, 3.8) is 0 Å². The highest BCUT2D eigenvalue weighted by Gasteiger charge is 2.31. The highest BCUT2D eigenvalue weighted by atomic mass is 32.2. The Morgan fingerprint density at radius 2 is 0.704 bits per heavy atom. The third kappa shape index (κ3) is 13.5. The van der Waals surface area contributed by atoms with Crippen LogP contribution in [0.4, 0.5) is 0 Å². The number of aldehydes is 2. The fourth-order valence-corrected chi connectivity index (χ4v) is 9.92. The van der Waals surface area contributed by atoms with E-state index in [0.29, 0.717) is 79.5 Å². The van der Waals surface area contributed by atoms with Gasteiger partial charge in [0.2, 0.25) is 0 Å².